The highest BCUT2D eigenvalue weighted by Crippen LogP contribution is 2.35. The second kappa shape index (κ2) is 8.41. The second-order valence-corrected chi connectivity index (χ2v) is 8.07. The molecular weight excluding hydrogens is 475 g/mol. The molecule has 4 aromatic rings. The normalized spacial score (nSPS) is 12.8. The number of nitrogens with zero attached hydrogens (tertiary/aromatic N) is 3. The molecule has 5 rings (SSSR count). The van der Waals surface area contributed by atoms with E-state index in [0.717, 1.165) is 23.9 Å². The Hall–Kier alpha value is -4.00. The van der Waals surface area contributed by atoms with E-state index in [1.807, 2.05) is 0 Å². The van der Waals surface area contributed by atoms with Crippen LogP contribution in [0.5, 0.6) is 11.5 Å². The van der Waals surface area contributed by atoms with Crippen LogP contribution in [0.2, 0.25) is 0 Å². The molecule has 174 valence electrons. The van der Waals surface area contributed by atoms with Crippen molar-refractivity contribution in [1.82, 2.24) is 19.6 Å². The summed E-state index contributed by atoms with van der Waals surface area (Å²) < 4.78 is 50.7. The summed E-state index contributed by atoms with van der Waals surface area (Å²) in [4.78, 5) is 33.1. The molecule has 2 aromatic carbocycles. The van der Waals surface area contributed by atoms with Crippen LogP contribution in [0.15, 0.2) is 58.5 Å². The van der Waals surface area contributed by atoms with Crippen LogP contribution in [0, 0.1) is 0 Å². The molecule has 0 atom stereocenters. The first-order chi connectivity index (χ1) is 16.3. The molecule has 0 aliphatic carbocycles. The van der Waals surface area contributed by atoms with Crippen molar-refractivity contribution in [2.45, 2.75) is 11.3 Å². The molecule has 0 saturated carbocycles. The number of hydrogen-bond acceptors (Lipinski definition) is 7. The lowest BCUT2D eigenvalue weighted by Gasteiger charge is -2.10. The molecule has 2 N–H and O–H groups in total. The smallest absolute Gasteiger partial charge is 0.416 e. The molecular formula is C21H14F3N5O4S. The van der Waals surface area contributed by atoms with Gasteiger partial charge in [0.2, 0.25) is 12.7 Å². The third-order valence-corrected chi connectivity index (χ3v) is 5.70. The van der Waals surface area contributed by atoms with Crippen LogP contribution in [0.1, 0.15) is 5.56 Å². The van der Waals surface area contributed by atoms with E-state index >= 15 is 0 Å². The zero-order chi connectivity index (χ0) is 23.9. The van der Waals surface area contributed by atoms with Crippen LogP contribution in [-0.2, 0) is 11.0 Å². The topological polar surface area (TPSA) is 111 Å². The van der Waals surface area contributed by atoms with E-state index in [0.29, 0.717) is 17.1 Å². The quantitative estimate of drug-likeness (QED) is 0.413. The third-order valence-electron chi connectivity index (χ3n) is 4.76. The van der Waals surface area contributed by atoms with E-state index in [-0.39, 0.29) is 34.9 Å². The van der Waals surface area contributed by atoms with Gasteiger partial charge >= 0.3 is 6.18 Å². The average molecular weight is 489 g/mol. The Bertz CT molecular complexity index is 1470. The van der Waals surface area contributed by atoms with Gasteiger partial charge in [-0.25, -0.2) is 14.5 Å². The summed E-state index contributed by atoms with van der Waals surface area (Å²) in [5.41, 5.74) is -0.367. The average Bonchev–Trinajstić information content (AvgIpc) is 3.42. The van der Waals surface area contributed by atoms with Gasteiger partial charge in [-0.2, -0.15) is 13.2 Å². The van der Waals surface area contributed by atoms with Crippen LogP contribution in [0.3, 0.4) is 0 Å². The van der Waals surface area contributed by atoms with E-state index < -0.39 is 23.2 Å². The van der Waals surface area contributed by atoms with E-state index in [2.05, 4.69) is 20.4 Å². The minimum Gasteiger partial charge on any atom is -0.454 e. The Morgan fingerprint density at radius 3 is 2.76 bits per heavy atom. The number of hydrogen-bond donors (Lipinski definition) is 2. The molecule has 0 fully saturated rings. The van der Waals surface area contributed by atoms with Gasteiger partial charge in [0.25, 0.3) is 5.56 Å². The Kier molecular flexibility index (Phi) is 5.40. The molecule has 13 heteroatoms. The van der Waals surface area contributed by atoms with Gasteiger partial charge in [-0.1, -0.05) is 17.8 Å². The monoisotopic (exact) mass is 489 g/mol. The predicted octanol–water partition coefficient (Wildman–Crippen LogP) is 3.56. The number of carbonyl (C=O) groups excluding carboxylic acids is 1. The lowest BCUT2D eigenvalue weighted by atomic mass is 10.2. The molecule has 9 nitrogen and oxygen atoms in total. The molecule has 0 spiro atoms. The number of halogens is 3. The van der Waals surface area contributed by atoms with Gasteiger partial charge in [0.15, 0.2) is 28.1 Å². The molecule has 1 aliphatic rings. The van der Waals surface area contributed by atoms with Crippen molar-refractivity contribution in [2.75, 3.05) is 17.9 Å². The Labute approximate surface area is 192 Å². The molecule has 0 radical (unpaired) electrons. The fourth-order valence-electron chi connectivity index (χ4n) is 3.25. The first-order valence-electron chi connectivity index (χ1n) is 9.76. The molecule has 2 aromatic heterocycles. The number of thioether (sulfide) groups is 1. The number of aromatic amines is 1. The molecule has 34 heavy (non-hydrogen) atoms. The summed E-state index contributed by atoms with van der Waals surface area (Å²) in [6.07, 6.45) is -4.52. The van der Waals surface area contributed by atoms with Gasteiger partial charge in [-0.15, -0.1) is 0 Å². The number of benzene rings is 2. The Morgan fingerprint density at radius 2 is 1.94 bits per heavy atom. The number of alkyl halides is 3. The molecule has 0 bridgehead atoms. The Morgan fingerprint density at radius 1 is 1.12 bits per heavy atom. The van der Waals surface area contributed by atoms with Crippen LogP contribution in [0.4, 0.5) is 18.9 Å². The number of nitrogens with one attached hydrogen (secondary N) is 2. The lowest BCUT2D eigenvalue weighted by Crippen LogP contribution is -2.16. The van der Waals surface area contributed by atoms with E-state index in [1.54, 1.807) is 18.2 Å². The van der Waals surface area contributed by atoms with Gasteiger partial charge in [-0.05, 0) is 36.4 Å². The predicted molar refractivity (Wildman–Crippen MR) is 116 cm³/mol. The van der Waals surface area contributed by atoms with Crippen LogP contribution >= 0.6 is 11.8 Å². The largest absolute Gasteiger partial charge is 0.454 e. The van der Waals surface area contributed by atoms with Crippen molar-refractivity contribution >= 4 is 29.0 Å². The van der Waals surface area contributed by atoms with Gasteiger partial charge in [0, 0.05) is 17.3 Å². The highest BCUT2D eigenvalue weighted by Gasteiger charge is 2.30. The van der Waals surface area contributed by atoms with Crippen LogP contribution in [-0.4, -0.2) is 38.0 Å². The van der Waals surface area contributed by atoms with Gasteiger partial charge in [0.05, 0.1) is 11.3 Å². The minimum atomic E-state index is -4.52. The number of amides is 1. The van der Waals surface area contributed by atoms with Crippen molar-refractivity contribution in [2.24, 2.45) is 0 Å². The van der Waals surface area contributed by atoms with Gasteiger partial charge in [-0.3, -0.25) is 14.7 Å². The molecule has 1 aliphatic heterocycles. The van der Waals surface area contributed by atoms with Crippen molar-refractivity contribution in [3.8, 4) is 22.9 Å². The number of aromatic nitrogens is 4. The van der Waals surface area contributed by atoms with Crippen molar-refractivity contribution in [3.05, 3.63) is 64.4 Å². The van der Waals surface area contributed by atoms with Crippen LogP contribution in [0.25, 0.3) is 17.0 Å². The summed E-state index contributed by atoms with van der Waals surface area (Å²) >= 11 is 0.986. The third kappa shape index (κ3) is 4.41. The summed E-state index contributed by atoms with van der Waals surface area (Å²) in [5, 5.41) is 5.26. The lowest BCUT2D eigenvalue weighted by molar-refractivity contribution is -0.137. The number of anilines is 1. The second-order valence-electron chi connectivity index (χ2n) is 7.13. The van der Waals surface area contributed by atoms with Crippen LogP contribution < -0.4 is 20.3 Å². The van der Waals surface area contributed by atoms with Gasteiger partial charge < -0.3 is 14.8 Å². The number of ether oxygens (including phenoxy) is 2. The summed E-state index contributed by atoms with van der Waals surface area (Å²) in [5.74, 6) is 0.683. The maximum absolute atomic E-state index is 12.9. The maximum Gasteiger partial charge on any atom is 0.416 e. The van der Waals surface area contributed by atoms with E-state index in [9.17, 15) is 22.8 Å². The van der Waals surface area contributed by atoms with E-state index in [1.165, 1.54) is 22.7 Å². The van der Waals surface area contributed by atoms with Crippen molar-refractivity contribution in [1.29, 1.82) is 0 Å². The molecule has 0 saturated heterocycles. The molecule has 0 unspecified atom stereocenters. The van der Waals surface area contributed by atoms with E-state index in [4.69, 9.17) is 9.47 Å². The number of fused-ring (bicyclic) bond motifs is 2. The summed E-state index contributed by atoms with van der Waals surface area (Å²) in [6.45, 7) is 0.105. The fraction of sp³-hybridized carbons (Fsp3) is 0.143. The maximum atomic E-state index is 12.9. The first kappa shape index (κ1) is 21.8. The van der Waals surface area contributed by atoms with Gasteiger partial charge in [0.1, 0.15) is 0 Å². The standard InChI is InChI=1S/C21H14F3N5O4S/c22-21(23,24)12-2-1-3-13(7-12)25-18(31)9-34-20-27-19(26-16-8-17(30)28-29(16)20)11-4-5-14-15(6-11)33-10-32-14/h1-8H,9-10H2,(H,25,31)(H,28,30). The summed E-state index contributed by atoms with van der Waals surface area (Å²) in [6, 6.07) is 10.8. The fourth-order valence-corrected chi connectivity index (χ4v) is 4.00. The number of carbonyl (C=O) groups is 1. The first-order valence-corrected chi connectivity index (χ1v) is 10.7. The molecule has 3 heterocycles. The molecule has 1 amide bonds. The highest BCUT2D eigenvalue weighted by molar-refractivity contribution is 7.99. The highest BCUT2D eigenvalue weighted by atomic mass is 32.2. The minimum absolute atomic E-state index is 0.0173. The van der Waals surface area contributed by atoms with Crippen molar-refractivity contribution < 1.29 is 27.4 Å². The summed E-state index contributed by atoms with van der Waals surface area (Å²) in [7, 11) is 0. The number of rotatable bonds is 5. The Balaban J connectivity index is 1.38. The SMILES string of the molecule is O=C(CSc1nc(-c2ccc3c(c2)OCO3)nc2cc(=O)[nH]n12)Nc1cccc(C(F)(F)F)c1. The van der Waals surface area contributed by atoms with Crippen molar-refractivity contribution in [3.63, 3.8) is 0 Å². The zero-order valence-corrected chi connectivity index (χ0v) is 17.9. The zero-order valence-electron chi connectivity index (χ0n) is 17.0. The number of H-pyrrole nitrogens is 1.